The first-order chi connectivity index (χ1) is 12.8. The molecule has 0 saturated carbocycles. The lowest BCUT2D eigenvalue weighted by molar-refractivity contribution is 0.601. The van der Waals surface area contributed by atoms with Gasteiger partial charge >= 0.3 is 0 Å². The monoisotopic (exact) mass is 382 g/mol. The lowest BCUT2D eigenvalue weighted by Crippen LogP contribution is -2.14. The zero-order valence-electron chi connectivity index (χ0n) is 15.1. The van der Waals surface area contributed by atoms with Gasteiger partial charge in [-0.1, -0.05) is 12.1 Å². The Morgan fingerprint density at radius 1 is 1.04 bits per heavy atom. The highest BCUT2D eigenvalue weighted by molar-refractivity contribution is 7.92. The highest BCUT2D eigenvalue weighted by Gasteiger charge is 2.18. The van der Waals surface area contributed by atoms with Crippen molar-refractivity contribution in [3.05, 3.63) is 54.5 Å². The lowest BCUT2D eigenvalue weighted by Gasteiger charge is -2.10. The average Bonchev–Trinajstić information content (AvgIpc) is 3.17. The van der Waals surface area contributed by atoms with Crippen LogP contribution in [0.15, 0.2) is 53.7 Å². The number of nitrogens with one attached hydrogen (secondary N) is 1. The van der Waals surface area contributed by atoms with E-state index in [2.05, 4.69) is 19.9 Å². The van der Waals surface area contributed by atoms with Gasteiger partial charge in [0, 0.05) is 25.7 Å². The van der Waals surface area contributed by atoms with Crippen molar-refractivity contribution in [2.24, 2.45) is 14.1 Å². The van der Waals surface area contributed by atoms with Crippen LogP contribution in [0, 0.1) is 6.92 Å². The summed E-state index contributed by atoms with van der Waals surface area (Å²) in [7, 11) is -0.185. The Morgan fingerprint density at radius 2 is 1.85 bits per heavy atom. The molecule has 3 aromatic heterocycles. The molecule has 0 bridgehead atoms. The van der Waals surface area contributed by atoms with E-state index in [0.717, 1.165) is 22.3 Å². The molecule has 1 N–H and O–H groups in total. The minimum absolute atomic E-state index is 0.0873. The van der Waals surface area contributed by atoms with E-state index in [1.807, 2.05) is 26.1 Å². The Kier molecular flexibility index (Phi) is 3.96. The largest absolute Gasteiger partial charge is 0.277 e. The SMILES string of the molecule is Cc1cc(-c2ccc(S(=O)(=O)Nc3cccc4cnn(C)c34)cn2)n(C)n1. The molecule has 4 aromatic rings. The highest BCUT2D eigenvalue weighted by Crippen LogP contribution is 2.26. The van der Waals surface area contributed by atoms with Gasteiger partial charge in [0.15, 0.2) is 0 Å². The molecule has 0 aliphatic heterocycles. The number of sulfonamides is 1. The van der Waals surface area contributed by atoms with Gasteiger partial charge in [0.1, 0.15) is 4.90 Å². The Hall–Kier alpha value is -3.20. The smallest absolute Gasteiger partial charge is 0.263 e. The van der Waals surface area contributed by atoms with Crippen LogP contribution in [-0.2, 0) is 24.1 Å². The lowest BCUT2D eigenvalue weighted by atomic mass is 10.2. The third-order valence-corrected chi connectivity index (χ3v) is 5.67. The second-order valence-corrected chi connectivity index (χ2v) is 7.97. The normalized spacial score (nSPS) is 11.8. The van der Waals surface area contributed by atoms with Gasteiger partial charge in [-0.25, -0.2) is 8.42 Å². The summed E-state index contributed by atoms with van der Waals surface area (Å²) in [5, 5.41) is 9.32. The van der Waals surface area contributed by atoms with E-state index in [9.17, 15) is 8.42 Å². The number of aryl methyl sites for hydroxylation is 3. The second-order valence-electron chi connectivity index (χ2n) is 6.29. The predicted octanol–water partition coefficient (Wildman–Crippen LogP) is 2.48. The van der Waals surface area contributed by atoms with Crippen LogP contribution in [0.25, 0.3) is 22.3 Å². The van der Waals surface area contributed by atoms with E-state index < -0.39 is 10.0 Å². The van der Waals surface area contributed by atoms with Crippen molar-refractivity contribution >= 4 is 26.6 Å². The van der Waals surface area contributed by atoms with Crippen LogP contribution in [-0.4, -0.2) is 33.0 Å². The van der Waals surface area contributed by atoms with E-state index in [4.69, 9.17) is 0 Å². The molecule has 0 amide bonds. The number of hydrogen-bond donors (Lipinski definition) is 1. The Labute approximate surface area is 156 Å². The molecule has 0 saturated heterocycles. The van der Waals surface area contributed by atoms with Crippen LogP contribution < -0.4 is 4.72 Å². The number of fused-ring (bicyclic) bond motifs is 1. The molecule has 0 radical (unpaired) electrons. The summed E-state index contributed by atoms with van der Waals surface area (Å²) in [6.07, 6.45) is 3.04. The zero-order chi connectivity index (χ0) is 19.2. The molecule has 9 heteroatoms. The predicted molar refractivity (Wildman–Crippen MR) is 103 cm³/mol. The zero-order valence-corrected chi connectivity index (χ0v) is 15.9. The quantitative estimate of drug-likeness (QED) is 0.585. The van der Waals surface area contributed by atoms with Crippen molar-refractivity contribution in [2.75, 3.05) is 4.72 Å². The molecule has 0 aliphatic carbocycles. The fourth-order valence-corrected chi connectivity index (χ4v) is 4.07. The van der Waals surface area contributed by atoms with Gasteiger partial charge in [0.05, 0.1) is 34.5 Å². The van der Waals surface area contributed by atoms with Gasteiger partial charge in [-0.05, 0) is 31.2 Å². The van der Waals surface area contributed by atoms with E-state index in [1.54, 1.807) is 40.8 Å². The minimum atomic E-state index is -3.78. The van der Waals surface area contributed by atoms with E-state index in [0.29, 0.717) is 11.4 Å². The number of aromatic nitrogens is 5. The minimum Gasteiger partial charge on any atom is -0.277 e. The average molecular weight is 382 g/mol. The van der Waals surface area contributed by atoms with Gasteiger partial charge in [-0.3, -0.25) is 19.1 Å². The van der Waals surface area contributed by atoms with Gasteiger partial charge in [-0.15, -0.1) is 0 Å². The number of pyridine rings is 1. The summed E-state index contributed by atoms with van der Waals surface area (Å²) in [4.78, 5) is 4.39. The van der Waals surface area contributed by atoms with Crippen molar-refractivity contribution in [1.82, 2.24) is 24.5 Å². The maximum absolute atomic E-state index is 12.8. The Bertz CT molecular complexity index is 1240. The molecule has 138 valence electrons. The van der Waals surface area contributed by atoms with Crippen LogP contribution in [0.2, 0.25) is 0 Å². The molecular weight excluding hydrogens is 364 g/mol. The molecule has 3 heterocycles. The van der Waals surface area contributed by atoms with Gasteiger partial charge in [-0.2, -0.15) is 10.2 Å². The molecule has 0 atom stereocenters. The van der Waals surface area contributed by atoms with E-state index in [1.165, 1.54) is 12.3 Å². The first-order valence-corrected chi connectivity index (χ1v) is 9.74. The molecule has 1 aromatic carbocycles. The number of nitrogens with zero attached hydrogens (tertiary/aromatic N) is 5. The fraction of sp³-hybridized carbons (Fsp3) is 0.167. The van der Waals surface area contributed by atoms with Gasteiger partial charge in [0.2, 0.25) is 0 Å². The van der Waals surface area contributed by atoms with Crippen LogP contribution in [0.5, 0.6) is 0 Å². The summed E-state index contributed by atoms with van der Waals surface area (Å²) in [5.74, 6) is 0. The van der Waals surface area contributed by atoms with Gasteiger partial charge in [0.25, 0.3) is 10.0 Å². The second kappa shape index (κ2) is 6.20. The van der Waals surface area contributed by atoms with Crippen molar-refractivity contribution in [1.29, 1.82) is 0 Å². The third kappa shape index (κ3) is 3.06. The molecule has 8 nitrogen and oxygen atoms in total. The Morgan fingerprint density at radius 3 is 2.52 bits per heavy atom. The number of anilines is 1. The first kappa shape index (κ1) is 17.2. The summed E-state index contributed by atoms with van der Waals surface area (Å²) < 4.78 is 31.6. The standard InChI is InChI=1S/C18H18N6O2S/c1-12-9-17(23(2)21-12)15-8-7-14(11-19-15)27(25,26)22-16-6-4-5-13-10-20-24(3)18(13)16/h4-11,22H,1-3H3. The van der Waals surface area contributed by atoms with Crippen molar-refractivity contribution in [3.8, 4) is 11.4 Å². The molecule has 0 aliphatic rings. The van der Waals surface area contributed by atoms with Crippen molar-refractivity contribution < 1.29 is 8.42 Å². The van der Waals surface area contributed by atoms with Crippen LogP contribution in [0.1, 0.15) is 5.69 Å². The highest BCUT2D eigenvalue weighted by atomic mass is 32.2. The van der Waals surface area contributed by atoms with Crippen LogP contribution in [0.3, 0.4) is 0 Å². The van der Waals surface area contributed by atoms with E-state index >= 15 is 0 Å². The molecular formula is C18H18N6O2S. The molecule has 4 rings (SSSR count). The summed E-state index contributed by atoms with van der Waals surface area (Å²) >= 11 is 0. The summed E-state index contributed by atoms with van der Waals surface area (Å²) in [6.45, 7) is 1.89. The van der Waals surface area contributed by atoms with Crippen molar-refractivity contribution in [2.45, 2.75) is 11.8 Å². The maximum atomic E-state index is 12.8. The summed E-state index contributed by atoms with van der Waals surface area (Å²) in [6, 6.07) is 10.5. The number of hydrogen-bond acceptors (Lipinski definition) is 5. The fourth-order valence-electron chi connectivity index (χ4n) is 3.06. The number of para-hydroxylation sites is 1. The molecule has 27 heavy (non-hydrogen) atoms. The van der Waals surface area contributed by atoms with Crippen molar-refractivity contribution in [3.63, 3.8) is 0 Å². The maximum Gasteiger partial charge on any atom is 0.263 e. The summed E-state index contributed by atoms with van der Waals surface area (Å²) in [5.41, 5.74) is 3.54. The van der Waals surface area contributed by atoms with Crippen LogP contribution in [0.4, 0.5) is 5.69 Å². The topological polar surface area (TPSA) is 94.7 Å². The molecule has 0 unspecified atom stereocenters. The third-order valence-electron chi connectivity index (χ3n) is 4.32. The molecule has 0 spiro atoms. The van der Waals surface area contributed by atoms with Gasteiger partial charge < -0.3 is 0 Å². The molecule has 0 fully saturated rings. The first-order valence-electron chi connectivity index (χ1n) is 8.26. The van der Waals surface area contributed by atoms with Crippen LogP contribution >= 0.6 is 0 Å². The Balaban J connectivity index is 1.68. The number of benzene rings is 1. The number of rotatable bonds is 4. The van der Waals surface area contributed by atoms with E-state index in [-0.39, 0.29) is 4.90 Å².